The number of hydrogen-bond donors (Lipinski definition) is 0. The zero-order chi connectivity index (χ0) is 21.2. The number of amides is 2. The predicted molar refractivity (Wildman–Crippen MR) is 105 cm³/mol. The smallest absolute Gasteiger partial charge is 0.334 e. The third-order valence-electron chi connectivity index (χ3n) is 5.60. The molecular formula is C22H25F3N2O2. The highest BCUT2D eigenvalue weighted by molar-refractivity contribution is 5.98. The van der Waals surface area contributed by atoms with Crippen LogP contribution < -0.4 is 0 Å². The van der Waals surface area contributed by atoms with Gasteiger partial charge >= 0.3 is 12.1 Å². The number of likely N-dealkylation sites (tertiary alicyclic amines) is 1. The van der Waals surface area contributed by atoms with Crippen LogP contribution in [0.3, 0.4) is 0 Å². The molecule has 0 radical (unpaired) electrons. The molecule has 0 aromatic heterocycles. The molecule has 1 saturated heterocycles. The third kappa shape index (κ3) is 4.71. The lowest BCUT2D eigenvalue weighted by molar-refractivity contribution is -0.184. The summed E-state index contributed by atoms with van der Waals surface area (Å²) >= 11 is 0. The Hall–Kier alpha value is -2.57. The Morgan fingerprint density at radius 1 is 1.17 bits per heavy atom. The van der Waals surface area contributed by atoms with Crippen molar-refractivity contribution in [2.24, 2.45) is 5.92 Å². The van der Waals surface area contributed by atoms with Gasteiger partial charge in [-0.25, -0.2) is 0 Å². The summed E-state index contributed by atoms with van der Waals surface area (Å²) in [6.45, 7) is 4.38. The Labute approximate surface area is 168 Å². The van der Waals surface area contributed by atoms with Gasteiger partial charge in [-0.2, -0.15) is 13.2 Å². The van der Waals surface area contributed by atoms with Crippen molar-refractivity contribution in [1.29, 1.82) is 0 Å². The molecule has 4 nitrogen and oxygen atoms in total. The lowest BCUT2D eigenvalue weighted by atomic mass is 10.0. The largest absolute Gasteiger partial charge is 0.471 e. The van der Waals surface area contributed by atoms with Crippen molar-refractivity contribution in [2.75, 3.05) is 19.6 Å². The molecule has 0 aliphatic carbocycles. The highest BCUT2D eigenvalue weighted by atomic mass is 19.4. The summed E-state index contributed by atoms with van der Waals surface area (Å²) in [6, 6.07) is 12.7. The minimum atomic E-state index is -4.89. The number of fused-ring (bicyclic) bond motifs is 1. The summed E-state index contributed by atoms with van der Waals surface area (Å²) in [5.41, 5.74) is 0.507. The molecule has 1 fully saturated rings. The highest BCUT2D eigenvalue weighted by Gasteiger charge is 2.45. The Balaban J connectivity index is 1.84. The molecule has 2 aromatic rings. The molecule has 2 aromatic carbocycles. The van der Waals surface area contributed by atoms with Gasteiger partial charge in [0, 0.05) is 25.2 Å². The summed E-state index contributed by atoms with van der Waals surface area (Å²) in [7, 11) is 0. The van der Waals surface area contributed by atoms with E-state index in [0.29, 0.717) is 18.5 Å². The molecule has 7 heteroatoms. The topological polar surface area (TPSA) is 40.6 Å². The van der Waals surface area contributed by atoms with Crippen LogP contribution in [0.25, 0.3) is 10.8 Å². The molecule has 2 atom stereocenters. The first-order valence-corrected chi connectivity index (χ1v) is 9.86. The van der Waals surface area contributed by atoms with Crippen LogP contribution in [0.15, 0.2) is 42.5 Å². The van der Waals surface area contributed by atoms with Crippen LogP contribution in [-0.2, 0) is 4.79 Å². The summed E-state index contributed by atoms with van der Waals surface area (Å²) in [5, 5.41) is 1.95. The maximum absolute atomic E-state index is 13.3. The maximum Gasteiger partial charge on any atom is 0.471 e. The molecule has 0 N–H and O–H groups in total. The highest BCUT2D eigenvalue weighted by Crippen LogP contribution is 2.26. The van der Waals surface area contributed by atoms with Crippen LogP contribution in [-0.4, -0.2) is 53.5 Å². The lowest BCUT2D eigenvalue weighted by Crippen LogP contribution is -2.46. The van der Waals surface area contributed by atoms with Gasteiger partial charge in [0.1, 0.15) is 0 Å². The van der Waals surface area contributed by atoms with Crippen molar-refractivity contribution in [3.05, 3.63) is 48.0 Å². The van der Waals surface area contributed by atoms with Crippen LogP contribution in [0, 0.1) is 5.92 Å². The SMILES string of the molecule is CCC(C)CN(C(=O)c1ccc2ccccc2c1)C1CCN(C(=O)C(F)(F)F)C1. The number of carbonyl (C=O) groups excluding carboxylic acids is 2. The van der Waals surface area contributed by atoms with Crippen molar-refractivity contribution >= 4 is 22.6 Å². The molecule has 0 saturated carbocycles. The summed E-state index contributed by atoms with van der Waals surface area (Å²) in [5.74, 6) is -1.84. The van der Waals surface area contributed by atoms with Gasteiger partial charge in [0.2, 0.25) is 0 Å². The molecule has 3 rings (SSSR count). The molecule has 1 heterocycles. The normalized spacial score (nSPS) is 18.1. The molecule has 2 unspecified atom stereocenters. The second kappa shape index (κ2) is 8.43. The first-order chi connectivity index (χ1) is 13.7. The molecule has 156 valence electrons. The van der Waals surface area contributed by atoms with Gasteiger partial charge in [0.25, 0.3) is 5.91 Å². The quantitative estimate of drug-likeness (QED) is 0.734. The molecule has 29 heavy (non-hydrogen) atoms. The minimum Gasteiger partial charge on any atom is -0.334 e. The average Bonchev–Trinajstić information content (AvgIpc) is 3.19. The predicted octanol–water partition coefficient (Wildman–Crippen LogP) is 4.49. The van der Waals surface area contributed by atoms with E-state index in [0.717, 1.165) is 22.1 Å². The van der Waals surface area contributed by atoms with Gasteiger partial charge in [0.15, 0.2) is 0 Å². The molecule has 1 aliphatic rings. The standard InChI is InChI=1S/C22H25F3N2O2/c1-3-15(2)13-27(19-10-11-26(14-19)21(29)22(23,24)25)20(28)18-9-8-16-6-4-5-7-17(16)12-18/h4-9,12,15,19H,3,10-11,13-14H2,1-2H3. The van der Waals surface area contributed by atoms with E-state index in [1.54, 1.807) is 11.0 Å². The lowest BCUT2D eigenvalue weighted by Gasteiger charge is -2.31. The van der Waals surface area contributed by atoms with Gasteiger partial charge in [0.05, 0.1) is 6.04 Å². The van der Waals surface area contributed by atoms with Crippen LogP contribution in [0.2, 0.25) is 0 Å². The van der Waals surface area contributed by atoms with Crippen molar-refractivity contribution in [2.45, 2.75) is 38.9 Å². The van der Waals surface area contributed by atoms with Gasteiger partial charge in [-0.3, -0.25) is 9.59 Å². The number of hydrogen-bond acceptors (Lipinski definition) is 2. The van der Waals surface area contributed by atoms with Crippen LogP contribution in [0.4, 0.5) is 13.2 Å². The van der Waals surface area contributed by atoms with Gasteiger partial charge in [-0.1, -0.05) is 50.6 Å². The number of nitrogens with zero attached hydrogens (tertiary/aromatic N) is 2. The van der Waals surface area contributed by atoms with E-state index in [2.05, 4.69) is 0 Å². The Morgan fingerprint density at radius 3 is 2.52 bits per heavy atom. The van der Waals surface area contributed by atoms with Gasteiger partial charge in [-0.05, 0) is 35.2 Å². The molecule has 1 aliphatic heterocycles. The van der Waals surface area contributed by atoms with Crippen molar-refractivity contribution < 1.29 is 22.8 Å². The summed E-state index contributed by atoms with van der Waals surface area (Å²) < 4.78 is 38.4. The van der Waals surface area contributed by atoms with E-state index in [4.69, 9.17) is 0 Å². The molecule has 0 bridgehead atoms. The van der Waals surface area contributed by atoms with E-state index < -0.39 is 18.1 Å². The first-order valence-electron chi connectivity index (χ1n) is 9.86. The van der Waals surface area contributed by atoms with Crippen LogP contribution >= 0.6 is 0 Å². The number of benzene rings is 2. The second-order valence-corrected chi connectivity index (χ2v) is 7.72. The monoisotopic (exact) mass is 406 g/mol. The molecule has 0 spiro atoms. The molecular weight excluding hydrogens is 381 g/mol. The van der Waals surface area contributed by atoms with Crippen LogP contribution in [0.5, 0.6) is 0 Å². The van der Waals surface area contributed by atoms with Crippen molar-refractivity contribution in [3.63, 3.8) is 0 Å². The fourth-order valence-electron chi connectivity index (χ4n) is 3.71. The van der Waals surface area contributed by atoms with Gasteiger partial charge < -0.3 is 9.80 Å². The zero-order valence-corrected chi connectivity index (χ0v) is 16.6. The Kier molecular flexibility index (Phi) is 6.15. The third-order valence-corrected chi connectivity index (χ3v) is 5.60. The van der Waals surface area contributed by atoms with Crippen LogP contribution in [0.1, 0.15) is 37.0 Å². The Bertz CT molecular complexity index is 897. The van der Waals surface area contributed by atoms with Crippen molar-refractivity contribution in [3.8, 4) is 0 Å². The molecule has 2 amide bonds. The minimum absolute atomic E-state index is 0.00498. The second-order valence-electron chi connectivity index (χ2n) is 7.72. The number of rotatable bonds is 5. The van der Waals surface area contributed by atoms with Crippen molar-refractivity contribution in [1.82, 2.24) is 9.80 Å². The first kappa shape index (κ1) is 21.1. The van der Waals surface area contributed by atoms with E-state index in [-0.39, 0.29) is 24.9 Å². The summed E-state index contributed by atoms with van der Waals surface area (Å²) in [6.07, 6.45) is -3.70. The number of alkyl halides is 3. The van der Waals surface area contributed by atoms with Gasteiger partial charge in [-0.15, -0.1) is 0 Å². The number of halogens is 3. The zero-order valence-electron chi connectivity index (χ0n) is 16.6. The van der Waals surface area contributed by atoms with E-state index >= 15 is 0 Å². The fraction of sp³-hybridized carbons (Fsp3) is 0.455. The van der Waals surface area contributed by atoms with E-state index in [1.165, 1.54) is 0 Å². The average molecular weight is 406 g/mol. The Morgan fingerprint density at radius 2 is 1.86 bits per heavy atom. The van der Waals surface area contributed by atoms with E-state index in [1.807, 2.05) is 50.2 Å². The number of carbonyl (C=O) groups is 2. The maximum atomic E-state index is 13.3. The fourth-order valence-corrected chi connectivity index (χ4v) is 3.71. The van der Waals surface area contributed by atoms with E-state index in [9.17, 15) is 22.8 Å². The summed E-state index contributed by atoms with van der Waals surface area (Å²) in [4.78, 5) is 27.4.